The van der Waals surface area contributed by atoms with Crippen LogP contribution in [0.3, 0.4) is 0 Å². The second kappa shape index (κ2) is 8.15. The summed E-state index contributed by atoms with van der Waals surface area (Å²) in [5.74, 6) is 0.709. The molecule has 1 N–H and O–H groups in total. The Morgan fingerprint density at radius 2 is 1.82 bits per heavy atom. The van der Waals surface area contributed by atoms with Gasteiger partial charge in [0.1, 0.15) is 11.9 Å². The normalized spacial score (nSPS) is 16.8. The number of nitrogens with one attached hydrogen (secondary N) is 1. The number of carbonyl (C=O) groups excluding carboxylic acids is 1. The Bertz CT molecular complexity index is 1020. The van der Waals surface area contributed by atoms with E-state index in [-0.39, 0.29) is 6.10 Å². The Balaban J connectivity index is 1.54. The quantitative estimate of drug-likeness (QED) is 0.451. The van der Waals surface area contributed by atoms with E-state index >= 15 is 0 Å². The molecule has 0 saturated carbocycles. The molecule has 0 spiro atoms. The lowest BCUT2D eigenvalue weighted by atomic mass is 9.96. The van der Waals surface area contributed by atoms with Gasteiger partial charge in [0, 0.05) is 22.7 Å². The van der Waals surface area contributed by atoms with Crippen molar-refractivity contribution in [2.75, 3.05) is 5.32 Å². The van der Waals surface area contributed by atoms with Gasteiger partial charge in [-0.1, -0.05) is 65.3 Å². The monoisotopic (exact) mass is 392 g/mol. The summed E-state index contributed by atoms with van der Waals surface area (Å²) in [6.07, 6.45) is -0.393. The molecule has 5 nitrogen and oxygen atoms in total. The SMILES string of the molecule is O=C(Nc1cccc(Cl)c1)ON=C1C[C@@H](c2ccccc2)Oc2ccccc21. The highest BCUT2D eigenvalue weighted by Crippen LogP contribution is 2.35. The van der Waals surface area contributed by atoms with Crippen molar-refractivity contribution in [2.45, 2.75) is 12.5 Å². The second-order valence-corrected chi connectivity index (χ2v) is 6.71. The molecular formula is C22H17ClN2O3. The molecule has 0 fully saturated rings. The minimum absolute atomic E-state index is 0.200. The van der Waals surface area contributed by atoms with Gasteiger partial charge in [-0.2, -0.15) is 0 Å². The average molecular weight is 393 g/mol. The van der Waals surface area contributed by atoms with Gasteiger partial charge in [0.15, 0.2) is 0 Å². The van der Waals surface area contributed by atoms with Gasteiger partial charge in [-0.15, -0.1) is 0 Å². The lowest BCUT2D eigenvalue weighted by Gasteiger charge is -2.27. The first kappa shape index (κ1) is 18.1. The molecule has 0 aromatic heterocycles. The van der Waals surface area contributed by atoms with E-state index < -0.39 is 6.09 Å². The smallest absolute Gasteiger partial charge is 0.437 e. The number of hydrogen-bond donors (Lipinski definition) is 1. The standard InChI is InChI=1S/C22H17ClN2O3/c23-16-9-6-10-17(13-16)24-22(26)28-25-19-14-21(15-7-2-1-3-8-15)27-20-12-5-4-11-18(19)20/h1-13,21H,14H2,(H,24,26)/t21-/m0/s1. The van der Waals surface area contributed by atoms with Crippen LogP contribution in [0.4, 0.5) is 10.5 Å². The maximum Gasteiger partial charge on any atom is 0.437 e. The molecule has 0 aliphatic carbocycles. The molecule has 3 aromatic carbocycles. The van der Waals surface area contributed by atoms with Crippen molar-refractivity contribution in [1.82, 2.24) is 0 Å². The number of amides is 1. The molecule has 1 atom stereocenters. The van der Waals surface area contributed by atoms with Crippen molar-refractivity contribution < 1.29 is 14.4 Å². The first-order valence-electron chi connectivity index (χ1n) is 8.80. The Morgan fingerprint density at radius 3 is 2.64 bits per heavy atom. The van der Waals surface area contributed by atoms with E-state index in [4.69, 9.17) is 21.2 Å². The van der Waals surface area contributed by atoms with Crippen LogP contribution >= 0.6 is 11.6 Å². The third-order valence-electron chi connectivity index (χ3n) is 4.33. The van der Waals surface area contributed by atoms with Gasteiger partial charge in [0.2, 0.25) is 0 Å². The van der Waals surface area contributed by atoms with E-state index in [9.17, 15) is 4.79 Å². The molecule has 4 rings (SSSR count). The minimum Gasteiger partial charge on any atom is -0.485 e. The first-order chi connectivity index (χ1) is 13.7. The largest absolute Gasteiger partial charge is 0.485 e. The molecule has 28 heavy (non-hydrogen) atoms. The third-order valence-corrected chi connectivity index (χ3v) is 4.56. The van der Waals surface area contributed by atoms with E-state index in [2.05, 4.69) is 10.5 Å². The molecule has 1 amide bonds. The van der Waals surface area contributed by atoms with Crippen molar-refractivity contribution in [1.29, 1.82) is 0 Å². The van der Waals surface area contributed by atoms with Crippen LogP contribution in [0.15, 0.2) is 84.0 Å². The number of nitrogens with zero attached hydrogens (tertiary/aromatic N) is 1. The van der Waals surface area contributed by atoms with Crippen molar-refractivity contribution in [3.05, 3.63) is 95.0 Å². The van der Waals surface area contributed by atoms with Crippen molar-refractivity contribution in [3.8, 4) is 5.75 Å². The summed E-state index contributed by atoms with van der Waals surface area (Å²) in [4.78, 5) is 17.2. The average Bonchev–Trinajstić information content (AvgIpc) is 2.72. The molecule has 0 radical (unpaired) electrons. The molecule has 1 aliphatic heterocycles. The Kier molecular flexibility index (Phi) is 5.26. The molecule has 0 bridgehead atoms. The maximum absolute atomic E-state index is 12.1. The number of fused-ring (bicyclic) bond motifs is 1. The molecule has 6 heteroatoms. The van der Waals surface area contributed by atoms with Crippen LogP contribution < -0.4 is 10.1 Å². The predicted octanol–water partition coefficient (Wildman–Crippen LogP) is 5.82. The van der Waals surface area contributed by atoms with Crippen LogP contribution in [0.5, 0.6) is 5.75 Å². The molecule has 3 aromatic rings. The number of anilines is 1. The lowest BCUT2D eigenvalue weighted by Crippen LogP contribution is -2.22. The number of para-hydroxylation sites is 1. The first-order valence-corrected chi connectivity index (χ1v) is 9.18. The summed E-state index contributed by atoms with van der Waals surface area (Å²) in [5.41, 5.74) is 3.03. The summed E-state index contributed by atoms with van der Waals surface area (Å²) >= 11 is 5.92. The number of carbonyl (C=O) groups is 1. The van der Waals surface area contributed by atoms with E-state index in [1.54, 1.807) is 24.3 Å². The summed E-state index contributed by atoms with van der Waals surface area (Å²) in [7, 11) is 0. The number of rotatable bonds is 3. The summed E-state index contributed by atoms with van der Waals surface area (Å²) in [6.45, 7) is 0. The topological polar surface area (TPSA) is 59.9 Å². The highest BCUT2D eigenvalue weighted by atomic mass is 35.5. The fourth-order valence-electron chi connectivity index (χ4n) is 3.03. The Labute approximate surface area is 167 Å². The van der Waals surface area contributed by atoms with Gasteiger partial charge in [-0.25, -0.2) is 4.79 Å². The fourth-order valence-corrected chi connectivity index (χ4v) is 3.22. The molecule has 0 saturated heterocycles. The van der Waals surface area contributed by atoms with Gasteiger partial charge < -0.3 is 4.74 Å². The van der Waals surface area contributed by atoms with Crippen molar-refractivity contribution >= 4 is 29.1 Å². The zero-order valence-electron chi connectivity index (χ0n) is 14.8. The number of halogens is 1. The van der Waals surface area contributed by atoms with Gasteiger partial charge in [0.05, 0.1) is 5.71 Å². The minimum atomic E-state index is -0.685. The molecule has 0 unspecified atom stereocenters. The van der Waals surface area contributed by atoms with Gasteiger partial charge >= 0.3 is 6.09 Å². The lowest BCUT2D eigenvalue weighted by molar-refractivity contribution is 0.163. The molecule has 1 aliphatic rings. The van der Waals surface area contributed by atoms with Crippen LogP contribution in [0.2, 0.25) is 5.02 Å². The van der Waals surface area contributed by atoms with E-state index in [1.165, 1.54) is 0 Å². The summed E-state index contributed by atoms with van der Waals surface area (Å²) in [6, 6.07) is 24.3. The second-order valence-electron chi connectivity index (χ2n) is 6.27. The number of hydrogen-bond acceptors (Lipinski definition) is 4. The molecule has 140 valence electrons. The summed E-state index contributed by atoms with van der Waals surface area (Å²) < 4.78 is 6.11. The van der Waals surface area contributed by atoms with Crippen molar-refractivity contribution in [2.24, 2.45) is 5.16 Å². The van der Waals surface area contributed by atoms with Crippen molar-refractivity contribution in [3.63, 3.8) is 0 Å². The van der Waals surface area contributed by atoms with E-state index in [0.717, 1.165) is 11.1 Å². The van der Waals surface area contributed by atoms with Gasteiger partial charge in [-0.3, -0.25) is 10.2 Å². The third kappa shape index (κ3) is 4.15. The predicted molar refractivity (Wildman–Crippen MR) is 109 cm³/mol. The number of benzene rings is 3. The zero-order chi connectivity index (χ0) is 19.3. The van der Waals surface area contributed by atoms with Gasteiger partial charge in [-0.05, 0) is 35.9 Å². The Morgan fingerprint density at radius 1 is 1.04 bits per heavy atom. The van der Waals surface area contributed by atoms with Crippen LogP contribution in [0.1, 0.15) is 23.7 Å². The zero-order valence-corrected chi connectivity index (χ0v) is 15.6. The van der Waals surface area contributed by atoms with Crippen LogP contribution in [-0.4, -0.2) is 11.8 Å². The molecular weight excluding hydrogens is 376 g/mol. The van der Waals surface area contributed by atoms with Gasteiger partial charge in [0.25, 0.3) is 0 Å². The van der Waals surface area contributed by atoms with Crippen LogP contribution in [0.25, 0.3) is 0 Å². The highest BCUT2D eigenvalue weighted by Gasteiger charge is 2.26. The highest BCUT2D eigenvalue weighted by molar-refractivity contribution is 6.30. The van der Waals surface area contributed by atoms with Crippen LogP contribution in [0, 0.1) is 0 Å². The van der Waals surface area contributed by atoms with Crippen LogP contribution in [-0.2, 0) is 4.84 Å². The van der Waals surface area contributed by atoms with E-state index in [1.807, 2.05) is 54.6 Å². The van der Waals surface area contributed by atoms with E-state index in [0.29, 0.717) is 28.6 Å². The fraction of sp³-hybridized carbons (Fsp3) is 0.0909. The summed E-state index contributed by atoms with van der Waals surface area (Å²) in [5, 5.41) is 7.24. The molecule has 1 heterocycles. The Hall–Kier alpha value is -3.31. The maximum atomic E-state index is 12.1. The number of oxime groups is 1. The number of ether oxygens (including phenoxy) is 1.